The van der Waals surface area contributed by atoms with Gasteiger partial charge in [-0.05, 0) is 24.0 Å². The number of hydrogen-bond acceptors (Lipinski definition) is 2. The zero-order chi connectivity index (χ0) is 8.97. The predicted molar refractivity (Wildman–Crippen MR) is 47.7 cm³/mol. The maximum Gasteiger partial charge on any atom is 0.101 e. The van der Waals surface area contributed by atoms with Gasteiger partial charge in [0.25, 0.3) is 0 Å². The van der Waals surface area contributed by atoms with Gasteiger partial charge in [-0.1, -0.05) is 13.8 Å². The lowest BCUT2D eigenvalue weighted by Crippen LogP contribution is -1.96. The van der Waals surface area contributed by atoms with Crippen molar-refractivity contribution in [3.63, 3.8) is 0 Å². The summed E-state index contributed by atoms with van der Waals surface area (Å²) >= 11 is 0. The predicted octanol–water partition coefficient (Wildman–Crippen LogP) is 2.08. The molecule has 0 amide bonds. The summed E-state index contributed by atoms with van der Waals surface area (Å²) in [6.45, 7) is 4.15. The van der Waals surface area contributed by atoms with Crippen LogP contribution >= 0.6 is 0 Å². The first-order valence-electron chi connectivity index (χ1n) is 4.19. The molecule has 0 aliphatic rings. The molecule has 0 aromatic carbocycles. The van der Waals surface area contributed by atoms with Crippen molar-refractivity contribution in [1.82, 2.24) is 4.98 Å². The Morgan fingerprint density at radius 3 is 2.58 bits per heavy atom. The van der Waals surface area contributed by atoms with E-state index >= 15 is 0 Å². The fourth-order valence-corrected chi connectivity index (χ4v) is 1.35. The molecule has 0 aliphatic carbocycles. The minimum absolute atomic E-state index is 0.719. The van der Waals surface area contributed by atoms with Crippen molar-refractivity contribution in [1.29, 1.82) is 5.26 Å². The number of aromatic nitrogens is 1. The van der Waals surface area contributed by atoms with Crippen LogP contribution in [0.3, 0.4) is 0 Å². The Labute approximate surface area is 72.9 Å². The van der Waals surface area contributed by atoms with Gasteiger partial charge in [-0.25, -0.2) is 0 Å². The van der Waals surface area contributed by atoms with Gasteiger partial charge in [0.2, 0.25) is 0 Å². The van der Waals surface area contributed by atoms with Crippen LogP contribution in [0.4, 0.5) is 0 Å². The molecular formula is C10H12N2. The molecular weight excluding hydrogens is 148 g/mol. The molecule has 2 nitrogen and oxygen atoms in total. The summed E-state index contributed by atoms with van der Waals surface area (Å²) in [5, 5.41) is 8.78. The lowest BCUT2D eigenvalue weighted by Gasteiger charge is -2.05. The Kier molecular flexibility index (Phi) is 2.82. The Balaban J connectivity index is 3.24. The maximum atomic E-state index is 8.78. The molecule has 62 valence electrons. The van der Waals surface area contributed by atoms with E-state index < -0.39 is 0 Å². The third kappa shape index (κ3) is 1.45. The Hall–Kier alpha value is -1.36. The standard InChI is InChI=1S/C10H12N2/c1-3-8-6-12-7-9(5-11)10(8)4-2/h6-7H,3-4H2,1-2H3. The summed E-state index contributed by atoms with van der Waals surface area (Å²) in [5.41, 5.74) is 3.06. The minimum Gasteiger partial charge on any atom is -0.263 e. The molecule has 2 heteroatoms. The lowest BCUT2D eigenvalue weighted by molar-refractivity contribution is 1.00. The molecule has 0 N–H and O–H groups in total. The number of nitrogens with zero attached hydrogens (tertiary/aromatic N) is 2. The summed E-state index contributed by atoms with van der Waals surface area (Å²) in [5.74, 6) is 0. The third-order valence-corrected chi connectivity index (χ3v) is 2.00. The van der Waals surface area contributed by atoms with E-state index in [2.05, 4.69) is 24.9 Å². The molecule has 0 aliphatic heterocycles. The van der Waals surface area contributed by atoms with Crippen molar-refractivity contribution >= 4 is 0 Å². The molecule has 1 heterocycles. The molecule has 0 bridgehead atoms. The molecule has 1 aromatic heterocycles. The summed E-state index contributed by atoms with van der Waals surface area (Å²) in [7, 11) is 0. The third-order valence-electron chi connectivity index (χ3n) is 2.00. The van der Waals surface area contributed by atoms with E-state index in [-0.39, 0.29) is 0 Å². The number of rotatable bonds is 2. The van der Waals surface area contributed by atoms with Gasteiger partial charge < -0.3 is 0 Å². The topological polar surface area (TPSA) is 36.7 Å². The average molecular weight is 160 g/mol. The second-order valence-electron chi connectivity index (χ2n) is 2.64. The Morgan fingerprint density at radius 2 is 2.08 bits per heavy atom. The van der Waals surface area contributed by atoms with Gasteiger partial charge in [-0.15, -0.1) is 0 Å². The Morgan fingerprint density at radius 1 is 1.33 bits per heavy atom. The van der Waals surface area contributed by atoms with Crippen LogP contribution in [-0.4, -0.2) is 4.98 Å². The van der Waals surface area contributed by atoms with Crippen LogP contribution in [0, 0.1) is 11.3 Å². The fraction of sp³-hybridized carbons (Fsp3) is 0.400. The van der Waals surface area contributed by atoms with E-state index in [9.17, 15) is 0 Å². The van der Waals surface area contributed by atoms with Crippen molar-refractivity contribution in [2.45, 2.75) is 26.7 Å². The number of hydrogen-bond donors (Lipinski definition) is 0. The molecule has 0 fully saturated rings. The number of nitriles is 1. The van der Waals surface area contributed by atoms with Crippen LogP contribution in [-0.2, 0) is 12.8 Å². The molecule has 1 aromatic rings. The van der Waals surface area contributed by atoms with E-state index in [4.69, 9.17) is 5.26 Å². The second-order valence-corrected chi connectivity index (χ2v) is 2.64. The molecule has 0 radical (unpaired) electrons. The van der Waals surface area contributed by atoms with Gasteiger partial charge in [0.15, 0.2) is 0 Å². The summed E-state index contributed by atoms with van der Waals surface area (Å²) in [6.07, 6.45) is 5.35. The summed E-state index contributed by atoms with van der Waals surface area (Å²) < 4.78 is 0. The normalized spacial score (nSPS) is 9.42. The van der Waals surface area contributed by atoms with Gasteiger partial charge in [-0.3, -0.25) is 4.98 Å². The quantitative estimate of drug-likeness (QED) is 0.664. The van der Waals surface area contributed by atoms with E-state index in [1.165, 1.54) is 5.56 Å². The molecule has 0 unspecified atom stereocenters. The Bertz CT molecular complexity index is 310. The van der Waals surface area contributed by atoms with E-state index in [1.807, 2.05) is 6.20 Å². The van der Waals surface area contributed by atoms with Gasteiger partial charge in [-0.2, -0.15) is 5.26 Å². The van der Waals surface area contributed by atoms with Gasteiger partial charge in [0.1, 0.15) is 6.07 Å². The van der Waals surface area contributed by atoms with Crippen LogP contribution in [0.25, 0.3) is 0 Å². The highest BCUT2D eigenvalue weighted by Crippen LogP contribution is 2.13. The van der Waals surface area contributed by atoms with Gasteiger partial charge >= 0.3 is 0 Å². The highest BCUT2D eigenvalue weighted by molar-refractivity contribution is 5.40. The zero-order valence-electron chi connectivity index (χ0n) is 7.46. The van der Waals surface area contributed by atoms with Gasteiger partial charge in [0, 0.05) is 12.4 Å². The molecule has 0 atom stereocenters. The van der Waals surface area contributed by atoms with Crippen LogP contribution < -0.4 is 0 Å². The second kappa shape index (κ2) is 3.87. The smallest absolute Gasteiger partial charge is 0.101 e. The van der Waals surface area contributed by atoms with Gasteiger partial charge in [0.05, 0.1) is 5.56 Å². The fourth-order valence-electron chi connectivity index (χ4n) is 1.35. The van der Waals surface area contributed by atoms with Crippen molar-refractivity contribution in [2.75, 3.05) is 0 Å². The van der Waals surface area contributed by atoms with E-state index in [0.29, 0.717) is 0 Å². The minimum atomic E-state index is 0.719. The highest BCUT2D eigenvalue weighted by atomic mass is 14.6. The first-order valence-corrected chi connectivity index (χ1v) is 4.19. The SMILES string of the molecule is CCc1cncc(C#N)c1CC. The zero-order valence-corrected chi connectivity index (χ0v) is 7.46. The maximum absolute atomic E-state index is 8.78. The molecule has 0 saturated heterocycles. The van der Waals surface area contributed by atoms with Crippen LogP contribution in [0.1, 0.15) is 30.5 Å². The van der Waals surface area contributed by atoms with E-state index in [1.54, 1.807) is 6.20 Å². The lowest BCUT2D eigenvalue weighted by atomic mass is 10.0. The molecule has 0 spiro atoms. The van der Waals surface area contributed by atoms with Crippen molar-refractivity contribution < 1.29 is 0 Å². The molecule has 0 saturated carbocycles. The van der Waals surface area contributed by atoms with Crippen LogP contribution in [0.5, 0.6) is 0 Å². The van der Waals surface area contributed by atoms with Crippen LogP contribution in [0.2, 0.25) is 0 Å². The first kappa shape index (κ1) is 8.73. The summed E-state index contributed by atoms with van der Waals surface area (Å²) in [6, 6.07) is 2.16. The highest BCUT2D eigenvalue weighted by Gasteiger charge is 2.04. The molecule has 12 heavy (non-hydrogen) atoms. The number of aryl methyl sites for hydroxylation is 1. The average Bonchev–Trinajstić information content (AvgIpc) is 2.16. The monoisotopic (exact) mass is 160 g/mol. The van der Waals surface area contributed by atoms with Crippen molar-refractivity contribution in [2.24, 2.45) is 0 Å². The number of pyridine rings is 1. The largest absolute Gasteiger partial charge is 0.263 e. The van der Waals surface area contributed by atoms with Crippen LogP contribution in [0.15, 0.2) is 12.4 Å². The van der Waals surface area contributed by atoms with E-state index in [0.717, 1.165) is 24.0 Å². The first-order chi connectivity index (χ1) is 5.83. The summed E-state index contributed by atoms with van der Waals surface area (Å²) in [4.78, 5) is 4.01. The van der Waals surface area contributed by atoms with Crippen molar-refractivity contribution in [3.8, 4) is 6.07 Å². The van der Waals surface area contributed by atoms with Crippen molar-refractivity contribution in [3.05, 3.63) is 29.1 Å². The molecule has 1 rings (SSSR count).